The monoisotopic (exact) mass is 216 g/mol. The lowest BCUT2D eigenvalue weighted by molar-refractivity contribution is 0.307. The van der Waals surface area contributed by atoms with E-state index in [4.69, 9.17) is 4.18 Å². The third-order valence-electron chi connectivity index (χ3n) is 1.50. The van der Waals surface area contributed by atoms with Gasteiger partial charge in [-0.3, -0.25) is 4.18 Å². The van der Waals surface area contributed by atoms with Crippen LogP contribution in [0.2, 0.25) is 0 Å². The molecule has 5 nitrogen and oxygen atoms in total. The van der Waals surface area contributed by atoms with Crippen molar-refractivity contribution in [3.05, 3.63) is 18.5 Å². The average Bonchev–Trinajstić information content (AvgIpc) is 2.19. The summed E-state index contributed by atoms with van der Waals surface area (Å²) >= 11 is 0. The Morgan fingerprint density at radius 2 is 2.00 bits per heavy atom. The molecule has 0 aliphatic carbocycles. The second kappa shape index (κ2) is 5.02. The Balaban J connectivity index is 2.67. The van der Waals surface area contributed by atoms with E-state index in [9.17, 15) is 8.42 Å². The van der Waals surface area contributed by atoms with Crippen LogP contribution in [0.15, 0.2) is 23.6 Å². The topological polar surface area (TPSA) is 69.2 Å². The Kier molecular flexibility index (Phi) is 3.97. The fourth-order valence-corrected chi connectivity index (χ4v) is 1.60. The summed E-state index contributed by atoms with van der Waals surface area (Å²) < 4.78 is 27.4. The minimum atomic E-state index is -3.75. The van der Waals surface area contributed by atoms with E-state index < -0.39 is 10.1 Å². The van der Waals surface area contributed by atoms with E-state index in [1.54, 1.807) is 6.07 Å². The zero-order chi connectivity index (χ0) is 10.4. The van der Waals surface area contributed by atoms with Gasteiger partial charge in [-0.05, 0) is 12.5 Å². The van der Waals surface area contributed by atoms with E-state index in [2.05, 4.69) is 9.97 Å². The summed E-state index contributed by atoms with van der Waals surface area (Å²) in [6, 6.07) is 1.55. The fourth-order valence-electron chi connectivity index (χ4n) is 0.780. The van der Waals surface area contributed by atoms with Crippen molar-refractivity contribution in [3.63, 3.8) is 0 Å². The molecule has 0 radical (unpaired) electrons. The molecule has 78 valence electrons. The number of aromatic nitrogens is 2. The number of hydrogen-bond acceptors (Lipinski definition) is 5. The molecule has 0 saturated heterocycles. The molecule has 1 aromatic rings. The first-order valence-electron chi connectivity index (χ1n) is 4.33. The Bertz CT molecular complexity index is 363. The third kappa shape index (κ3) is 3.04. The normalized spacial score (nSPS) is 11.5. The fraction of sp³-hybridized carbons (Fsp3) is 0.500. The Labute approximate surface area is 83.3 Å². The summed E-state index contributed by atoms with van der Waals surface area (Å²) in [6.45, 7) is 2.13. The van der Waals surface area contributed by atoms with Gasteiger partial charge in [0.2, 0.25) is 0 Å². The van der Waals surface area contributed by atoms with Gasteiger partial charge in [-0.15, -0.1) is 0 Å². The van der Waals surface area contributed by atoms with Crippen molar-refractivity contribution in [1.82, 2.24) is 9.97 Å². The highest BCUT2D eigenvalue weighted by molar-refractivity contribution is 7.86. The molecule has 0 fully saturated rings. The number of unbranched alkanes of at least 4 members (excludes halogenated alkanes) is 1. The molecule has 0 aromatic carbocycles. The van der Waals surface area contributed by atoms with Crippen molar-refractivity contribution in [1.29, 1.82) is 0 Å². The van der Waals surface area contributed by atoms with Gasteiger partial charge >= 0.3 is 10.1 Å². The lowest BCUT2D eigenvalue weighted by Crippen LogP contribution is -2.10. The molecule has 14 heavy (non-hydrogen) atoms. The van der Waals surface area contributed by atoms with E-state index in [1.165, 1.54) is 12.4 Å². The molecule has 0 aliphatic heterocycles. The van der Waals surface area contributed by atoms with E-state index in [0.717, 1.165) is 6.42 Å². The molecule has 1 heterocycles. The summed E-state index contributed by atoms with van der Waals surface area (Å²) in [5, 5.41) is -0.281. The van der Waals surface area contributed by atoms with Crippen LogP contribution in [-0.4, -0.2) is 25.0 Å². The zero-order valence-electron chi connectivity index (χ0n) is 7.88. The summed E-state index contributed by atoms with van der Waals surface area (Å²) in [7, 11) is -3.75. The minimum Gasteiger partial charge on any atom is -0.264 e. The molecular formula is C8H12N2O3S. The van der Waals surface area contributed by atoms with Crippen LogP contribution in [0.25, 0.3) is 0 Å². The first-order valence-corrected chi connectivity index (χ1v) is 5.74. The SMILES string of the molecule is CCCCOS(=O)(=O)c1ncccn1. The zero-order valence-corrected chi connectivity index (χ0v) is 8.70. The van der Waals surface area contributed by atoms with Gasteiger partial charge in [0.1, 0.15) is 0 Å². The van der Waals surface area contributed by atoms with Gasteiger partial charge in [0.15, 0.2) is 0 Å². The van der Waals surface area contributed by atoms with Crippen LogP contribution in [-0.2, 0) is 14.3 Å². The van der Waals surface area contributed by atoms with E-state index in [-0.39, 0.29) is 11.8 Å². The molecule has 1 rings (SSSR count). The third-order valence-corrected chi connectivity index (χ3v) is 2.64. The highest BCUT2D eigenvalue weighted by atomic mass is 32.2. The first kappa shape index (κ1) is 11.1. The molecule has 0 unspecified atom stereocenters. The van der Waals surface area contributed by atoms with Crippen molar-refractivity contribution in [2.24, 2.45) is 0 Å². The molecular weight excluding hydrogens is 204 g/mol. The quantitative estimate of drug-likeness (QED) is 0.417. The lowest BCUT2D eigenvalue weighted by Gasteiger charge is -2.01. The van der Waals surface area contributed by atoms with Crippen molar-refractivity contribution in [2.45, 2.75) is 24.9 Å². The van der Waals surface area contributed by atoms with Gasteiger partial charge in [-0.2, -0.15) is 8.42 Å². The maximum atomic E-state index is 11.4. The van der Waals surface area contributed by atoms with E-state index in [0.29, 0.717) is 6.42 Å². The molecule has 1 aromatic heterocycles. The summed E-state index contributed by atoms with van der Waals surface area (Å²) in [4.78, 5) is 7.21. The molecule has 0 bridgehead atoms. The summed E-state index contributed by atoms with van der Waals surface area (Å²) in [5.41, 5.74) is 0. The Morgan fingerprint density at radius 3 is 2.57 bits per heavy atom. The standard InChI is InChI=1S/C8H12N2O3S/c1-2-3-7-13-14(11,12)8-9-5-4-6-10-8/h4-6H,2-3,7H2,1H3. The first-order chi connectivity index (χ1) is 6.67. The smallest absolute Gasteiger partial charge is 0.264 e. The number of hydrogen-bond donors (Lipinski definition) is 0. The van der Waals surface area contributed by atoms with Crippen LogP contribution < -0.4 is 0 Å². The summed E-state index contributed by atoms with van der Waals surface area (Å²) in [5.74, 6) is 0. The second-order valence-corrected chi connectivity index (χ2v) is 4.17. The van der Waals surface area contributed by atoms with Crippen molar-refractivity contribution in [2.75, 3.05) is 6.61 Å². The maximum absolute atomic E-state index is 11.4. The molecule has 0 aliphatic rings. The van der Waals surface area contributed by atoms with Gasteiger partial charge in [0, 0.05) is 12.4 Å². The van der Waals surface area contributed by atoms with Gasteiger partial charge in [-0.25, -0.2) is 9.97 Å². The van der Waals surface area contributed by atoms with Crippen molar-refractivity contribution >= 4 is 10.1 Å². The maximum Gasteiger partial charge on any atom is 0.333 e. The predicted molar refractivity (Wildman–Crippen MR) is 50.1 cm³/mol. The number of nitrogens with zero attached hydrogens (tertiary/aromatic N) is 2. The van der Waals surface area contributed by atoms with Crippen LogP contribution in [0.3, 0.4) is 0 Å². The largest absolute Gasteiger partial charge is 0.333 e. The van der Waals surface area contributed by atoms with E-state index in [1.807, 2.05) is 6.92 Å². The van der Waals surface area contributed by atoms with Crippen molar-refractivity contribution < 1.29 is 12.6 Å². The molecule has 0 atom stereocenters. The van der Waals surface area contributed by atoms with Crippen LogP contribution >= 0.6 is 0 Å². The van der Waals surface area contributed by atoms with E-state index >= 15 is 0 Å². The van der Waals surface area contributed by atoms with Crippen LogP contribution in [0, 0.1) is 0 Å². The average molecular weight is 216 g/mol. The van der Waals surface area contributed by atoms with Gasteiger partial charge in [0.25, 0.3) is 5.16 Å². The number of rotatable bonds is 5. The van der Waals surface area contributed by atoms with Crippen molar-refractivity contribution in [3.8, 4) is 0 Å². The minimum absolute atomic E-state index is 0.178. The molecule has 6 heteroatoms. The molecule has 0 N–H and O–H groups in total. The highest BCUT2D eigenvalue weighted by Gasteiger charge is 2.17. The van der Waals surface area contributed by atoms with Gasteiger partial charge in [0.05, 0.1) is 6.61 Å². The second-order valence-electron chi connectivity index (χ2n) is 2.66. The Hall–Kier alpha value is -1.01. The van der Waals surface area contributed by atoms with Crippen LogP contribution in [0.1, 0.15) is 19.8 Å². The molecule has 0 amide bonds. The van der Waals surface area contributed by atoms with Crippen LogP contribution in [0.5, 0.6) is 0 Å². The van der Waals surface area contributed by atoms with Crippen LogP contribution in [0.4, 0.5) is 0 Å². The lowest BCUT2D eigenvalue weighted by atomic mass is 10.4. The Morgan fingerprint density at radius 1 is 1.36 bits per heavy atom. The highest BCUT2D eigenvalue weighted by Crippen LogP contribution is 2.05. The summed E-state index contributed by atoms with van der Waals surface area (Å²) in [6.07, 6.45) is 4.31. The van der Waals surface area contributed by atoms with Gasteiger partial charge in [-0.1, -0.05) is 13.3 Å². The molecule has 0 saturated carbocycles. The van der Waals surface area contributed by atoms with Gasteiger partial charge < -0.3 is 0 Å². The predicted octanol–water partition coefficient (Wildman–Crippen LogP) is 0.982. The molecule has 0 spiro atoms.